The van der Waals surface area contributed by atoms with Crippen LogP contribution in [-0.2, 0) is 28.6 Å². The molecule has 6 nitrogen and oxygen atoms in total. The SMILES string of the molecule is CCCCCCCCCCCCCCCCC(=O)OC[C@@H](COC(=O)CCCCCCCCCCC(C)C)OC(=O)CCCCCCCCC(C)CC. The highest BCUT2D eigenvalue weighted by Crippen LogP contribution is 2.17. The van der Waals surface area contributed by atoms with Crippen LogP contribution in [0.4, 0.5) is 0 Å². The minimum Gasteiger partial charge on any atom is -0.462 e. The summed E-state index contributed by atoms with van der Waals surface area (Å²) < 4.78 is 16.7. The zero-order valence-corrected chi connectivity index (χ0v) is 36.1. The van der Waals surface area contributed by atoms with E-state index in [1.165, 1.54) is 141 Å². The van der Waals surface area contributed by atoms with Crippen LogP contribution in [-0.4, -0.2) is 37.2 Å². The monoisotopic (exact) mass is 751 g/mol. The van der Waals surface area contributed by atoms with Gasteiger partial charge in [-0.15, -0.1) is 0 Å². The molecule has 1 unspecified atom stereocenters. The number of hydrogen-bond donors (Lipinski definition) is 0. The first-order chi connectivity index (χ1) is 25.8. The van der Waals surface area contributed by atoms with Crippen LogP contribution < -0.4 is 0 Å². The molecule has 0 amide bonds. The number of rotatable bonds is 41. The predicted molar refractivity (Wildman–Crippen MR) is 224 cm³/mol. The lowest BCUT2D eigenvalue weighted by Crippen LogP contribution is -2.30. The van der Waals surface area contributed by atoms with Gasteiger partial charge in [0, 0.05) is 19.3 Å². The molecule has 0 aromatic carbocycles. The summed E-state index contributed by atoms with van der Waals surface area (Å²) in [6, 6.07) is 0. The summed E-state index contributed by atoms with van der Waals surface area (Å²) in [5, 5.41) is 0. The summed E-state index contributed by atoms with van der Waals surface area (Å²) >= 11 is 0. The molecular weight excluding hydrogens is 661 g/mol. The molecule has 0 bridgehead atoms. The summed E-state index contributed by atoms with van der Waals surface area (Å²) in [6.07, 6.45) is 38.1. The Labute approximate surface area is 329 Å². The van der Waals surface area contributed by atoms with E-state index in [4.69, 9.17) is 14.2 Å². The number of carbonyl (C=O) groups excluding carboxylic acids is 3. The average Bonchev–Trinajstić information content (AvgIpc) is 3.14. The van der Waals surface area contributed by atoms with Crippen molar-refractivity contribution < 1.29 is 28.6 Å². The molecule has 0 heterocycles. The summed E-state index contributed by atoms with van der Waals surface area (Å²) in [5.74, 6) is 0.746. The van der Waals surface area contributed by atoms with Crippen molar-refractivity contribution in [2.45, 2.75) is 259 Å². The van der Waals surface area contributed by atoms with Gasteiger partial charge in [0.15, 0.2) is 6.10 Å². The minimum absolute atomic E-state index is 0.0657. The molecule has 0 N–H and O–H groups in total. The normalized spacial score (nSPS) is 12.6. The van der Waals surface area contributed by atoms with Crippen LogP contribution in [0, 0.1) is 11.8 Å². The third kappa shape index (κ3) is 39.9. The molecule has 0 saturated carbocycles. The molecule has 0 aromatic heterocycles. The fourth-order valence-electron chi connectivity index (χ4n) is 6.90. The Balaban J connectivity index is 4.32. The molecule has 0 fully saturated rings. The van der Waals surface area contributed by atoms with Crippen LogP contribution in [0.15, 0.2) is 0 Å². The van der Waals surface area contributed by atoms with Crippen molar-refractivity contribution in [1.82, 2.24) is 0 Å². The van der Waals surface area contributed by atoms with Gasteiger partial charge in [-0.05, 0) is 31.1 Å². The quantitative estimate of drug-likeness (QED) is 0.0352. The number of esters is 3. The Kier molecular flexibility index (Phi) is 38.9. The van der Waals surface area contributed by atoms with E-state index in [-0.39, 0.29) is 31.1 Å². The Morgan fingerprint density at radius 3 is 1.08 bits per heavy atom. The van der Waals surface area contributed by atoms with E-state index in [1.807, 2.05) is 0 Å². The second-order valence-electron chi connectivity index (χ2n) is 16.8. The van der Waals surface area contributed by atoms with E-state index in [0.29, 0.717) is 19.3 Å². The topological polar surface area (TPSA) is 78.9 Å². The maximum absolute atomic E-state index is 12.7. The lowest BCUT2D eigenvalue weighted by molar-refractivity contribution is -0.167. The molecule has 0 aliphatic carbocycles. The smallest absolute Gasteiger partial charge is 0.306 e. The first-order valence-corrected chi connectivity index (χ1v) is 23.3. The van der Waals surface area contributed by atoms with Crippen molar-refractivity contribution in [2.75, 3.05) is 13.2 Å². The molecule has 0 aromatic rings. The molecule has 0 radical (unpaired) electrons. The fourth-order valence-corrected chi connectivity index (χ4v) is 6.90. The van der Waals surface area contributed by atoms with Gasteiger partial charge >= 0.3 is 17.9 Å². The second kappa shape index (κ2) is 40.1. The lowest BCUT2D eigenvalue weighted by atomic mass is 10.00. The number of hydrogen-bond acceptors (Lipinski definition) is 6. The van der Waals surface area contributed by atoms with Crippen molar-refractivity contribution in [1.29, 1.82) is 0 Å². The maximum atomic E-state index is 12.7. The van der Waals surface area contributed by atoms with Gasteiger partial charge in [0.25, 0.3) is 0 Å². The van der Waals surface area contributed by atoms with Crippen LogP contribution in [0.5, 0.6) is 0 Å². The second-order valence-corrected chi connectivity index (χ2v) is 16.8. The van der Waals surface area contributed by atoms with Gasteiger partial charge in [0.2, 0.25) is 0 Å². The van der Waals surface area contributed by atoms with Gasteiger partial charge in [0.1, 0.15) is 13.2 Å². The van der Waals surface area contributed by atoms with E-state index in [0.717, 1.165) is 69.6 Å². The van der Waals surface area contributed by atoms with E-state index in [1.54, 1.807) is 0 Å². The van der Waals surface area contributed by atoms with Crippen molar-refractivity contribution >= 4 is 17.9 Å². The van der Waals surface area contributed by atoms with Crippen LogP contribution in [0.2, 0.25) is 0 Å². The van der Waals surface area contributed by atoms with Gasteiger partial charge in [-0.25, -0.2) is 0 Å². The zero-order valence-electron chi connectivity index (χ0n) is 36.1. The third-order valence-corrected chi connectivity index (χ3v) is 10.8. The molecule has 53 heavy (non-hydrogen) atoms. The van der Waals surface area contributed by atoms with Crippen molar-refractivity contribution in [3.63, 3.8) is 0 Å². The zero-order chi connectivity index (χ0) is 39.0. The van der Waals surface area contributed by atoms with Gasteiger partial charge in [-0.2, -0.15) is 0 Å². The predicted octanol–water partition coefficient (Wildman–Crippen LogP) is 14.6. The fraction of sp³-hybridized carbons (Fsp3) is 0.936. The molecule has 314 valence electrons. The first-order valence-electron chi connectivity index (χ1n) is 23.3. The highest BCUT2D eigenvalue weighted by molar-refractivity contribution is 5.71. The Hall–Kier alpha value is -1.59. The van der Waals surface area contributed by atoms with Crippen molar-refractivity contribution in [2.24, 2.45) is 11.8 Å². The summed E-state index contributed by atoms with van der Waals surface area (Å²) in [7, 11) is 0. The largest absolute Gasteiger partial charge is 0.462 e. The lowest BCUT2D eigenvalue weighted by Gasteiger charge is -2.18. The molecule has 0 aliphatic rings. The molecule has 2 atom stereocenters. The number of ether oxygens (including phenoxy) is 3. The molecular formula is C47H90O6. The first kappa shape index (κ1) is 51.4. The summed E-state index contributed by atoms with van der Waals surface area (Å²) in [6.45, 7) is 11.3. The molecule has 6 heteroatoms. The van der Waals surface area contributed by atoms with Gasteiger partial charge < -0.3 is 14.2 Å². The summed E-state index contributed by atoms with van der Waals surface area (Å²) in [4.78, 5) is 37.7. The summed E-state index contributed by atoms with van der Waals surface area (Å²) in [5.41, 5.74) is 0. The molecule has 0 aliphatic heterocycles. The highest BCUT2D eigenvalue weighted by atomic mass is 16.6. The van der Waals surface area contributed by atoms with Crippen LogP contribution in [0.1, 0.15) is 253 Å². The van der Waals surface area contributed by atoms with Crippen LogP contribution >= 0.6 is 0 Å². The van der Waals surface area contributed by atoms with E-state index in [2.05, 4.69) is 34.6 Å². The Bertz CT molecular complexity index is 811. The van der Waals surface area contributed by atoms with Gasteiger partial charge in [-0.3, -0.25) is 14.4 Å². The van der Waals surface area contributed by atoms with E-state index < -0.39 is 6.10 Å². The average molecular weight is 751 g/mol. The molecule has 0 saturated heterocycles. The van der Waals surface area contributed by atoms with Gasteiger partial charge in [-0.1, -0.05) is 214 Å². The molecule has 0 spiro atoms. The van der Waals surface area contributed by atoms with E-state index in [9.17, 15) is 14.4 Å². The van der Waals surface area contributed by atoms with Crippen LogP contribution in [0.3, 0.4) is 0 Å². The van der Waals surface area contributed by atoms with E-state index >= 15 is 0 Å². The standard InChI is InChI=1S/C47H90O6/c1-6-8-9-10-11-12-13-14-15-16-17-21-27-32-37-45(48)51-40-44(53-47(50)39-34-29-24-23-26-31-36-43(5)7-2)41-52-46(49)38-33-28-22-19-18-20-25-30-35-42(3)4/h42-44H,6-41H2,1-5H3/t43?,44-/m0/s1. The van der Waals surface area contributed by atoms with Crippen LogP contribution in [0.25, 0.3) is 0 Å². The highest BCUT2D eigenvalue weighted by Gasteiger charge is 2.19. The maximum Gasteiger partial charge on any atom is 0.306 e. The van der Waals surface area contributed by atoms with Crippen molar-refractivity contribution in [3.05, 3.63) is 0 Å². The Morgan fingerprint density at radius 2 is 0.717 bits per heavy atom. The van der Waals surface area contributed by atoms with Gasteiger partial charge in [0.05, 0.1) is 0 Å². The molecule has 0 rings (SSSR count). The third-order valence-electron chi connectivity index (χ3n) is 10.8. The number of carbonyl (C=O) groups is 3. The minimum atomic E-state index is -0.761. The number of unbranched alkanes of at least 4 members (excludes halogenated alkanes) is 25. The Morgan fingerprint density at radius 1 is 0.396 bits per heavy atom. The van der Waals surface area contributed by atoms with Crippen molar-refractivity contribution in [3.8, 4) is 0 Å².